The van der Waals surface area contributed by atoms with E-state index in [1.165, 1.54) is 24.8 Å². The predicted molar refractivity (Wildman–Crippen MR) is 64.0 cm³/mol. The second-order valence-electron chi connectivity index (χ2n) is 2.99. The molecule has 0 nitrogen and oxygen atoms in total. The van der Waals surface area contributed by atoms with Gasteiger partial charge in [-0.15, -0.1) is 11.3 Å². The third-order valence-electron chi connectivity index (χ3n) is 2.07. The lowest BCUT2D eigenvalue weighted by Crippen LogP contribution is -1.82. The normalized spacial score (nSPS) is 10.9. The van der Waals surface area contributed by atoms with Gasteiger partial charge in [-0.05, 0) is 64.4 Å². The molecule has 0 atom stereocenters. The number of benzene rings is 1. The Morgan fingerprint density at radius 3 is 2.75 bits per heavy atom. The van der Waals surface area contributed by atoms with Crippen molar-refractivity contribution in [3.8, 4) is 0 Å². The molecule has 0 spiro atoms. The summed E-state index contributed by atoms with van der Waals surface area (Å²) in [6.45, 7) is 4.35. The Kier molecular flexibility index (Phi) is 2.12. The van der Waals surface area contributed by atoms with Gasteiger partial charge in [-0.3, -0.25) is 0 Å². The second kappa shape index (κ2) is 3.00. The molecule has 0 aliphatic heterocycles. The lowest BCUT2D eigenvalue weighted by molar-refractivity contribution is 1.41. The van der Waals surface area contributed by atoms with Crippen molar-refractivity contribution < 1.29 is 0 Å². The standard InChI is InChI=1S/C10H9IS/c1-6-5-7(2)9(11)10-8(6)3-4-12-10/h3-5H,1-2H3. The van der Waals surface area contributed by atoms with E-state index in [0.29, 0.717) is 0 Å². The molecule has 0 unspecified atom stereocenters. The van der Waals surface area contributed by atoms with Crippen molar-refractivity contribution in [2.24, 2.45) is 0 Å². The van der Waals surface area contributed by atoms with Crippen LogP contribution in [0.3, 0.4) is 0 Å². The van der Waals surface area contributed by atoms with Crippen LogP contribution in [0.4, 0.5) is 0 Å². The van der Waals surface area contributed by atoms with Gasteiger partial charge in [0.05, 0.1) is 0 Å². The van der Waals surface area contributed by atoms with Crippen molar-refractivity contribution in [3.63, 3.8) is 0 Å². The number of rotatable bonds is 0. The summed E-state index contributed by atoms with van der Waals surface area (Å²) in [6.07, 6.45) is 0. The van der Waals surface area contributed by atoms with Crippen LogP contribution in [-0.4, -0.2) is 0 Å². The van der Waals surface area contributed by atoms with Crippen molar-refractivity contribution in [2.45, 2.75) is 13.8 Å². The molecule has 0 saturated heterocycles. The number of halogens is 1. The summed E-state index contributed by atoms with van der Waals surface area (Å²) >= 11 is 4.26. The Bertz CT molecular complexity index is 429. The van der Waals surface area contributed by atoms with Crippen LogP contribution < -0.4 is 0 Å². The average molecular weight is 288 g/mol. The molecule has 0 radical (unpaired) electrons. The van der Waals surface area contributed by atoms with Crippen LogP contribution in [0.25, 0.3) is 10.1 Å². The summed E-state index contributed by atoms with van der Waals surface area (Å²) in [5, 5.41) is 3.58. The third-order valence-corrected chi connectivity index (χ3v) is 4.76. The van der Waals surface area contributed by atoms with Crippen molar-refractivity contribution >= 4 is 44.0 Å². The van der Waals surface area contributed by atoms with E-state index in [1.807, 2.05) is 11.3 Å². The highest BCUT2D eigenvalue weighted by Crippen LogP contribution is 2.30. The summed E-state index contributed by atoms with van der Waals surface area (Å²) in [6, 6.07) is 4.47. The molecule has 2 rings (SSSR count). The van der Waals surface area contributed by atoms with Gasteiger partial charge in [0.25, 0.3) is 0 Å². The summed E-state index contributed by atoms with van der Waals surface area (Å²) in [5.74, 6) is 0. The van der Waals surface area contributed by atoms with Gasteiger partial charge in [-0.1, -0.05) is 6.07 Å². The fourth-order valence-corrected chi connectivity index (χ4v) is 3.22. The number of hydrogen-bond donors (Lipinski definition) is 0. The van der Waals surface area contributed by atoms with Crippen LogP contribution in [0.2, 0.25) is 0 Å². The highest BCUT2D eigenvalue weighted by Gasteiger charge is 2.05. The minimum absolute atomic E-state index is 1.39. The second-order valence-corrected chi connectivity index (χ2v) is 4.98. The van der Waals surface area contributed by atoms with E-state index >= 15 is 0 Å². The maximum absolute atomic E-state index is 2.43. The van der Waals surface area contributed by atoms with Crippen LogP contribution in [0, 0.1) is 17.4 Å². The van der Waals surface area contributed by atoms with E-state index in [1.54, 1.807) is 0 Å². The lowest BCUT2D eigenvalue weighted by Gasteiger charge is -2.02. The molecule has 12 heavy (non-hydrogen) atoms. The molecular formula is C10H9IS. The molecule has 2 heteroatoms. The number of aryl methyl sites for hydroxylation is 2. The van der Waals surface area contributed by atoms with Crippen LogP contribution >= 0.6 is 33.9 Å². The molecule has 62 valence electrons. The third kappa shape index (κ3) is 1.17. The largest absolute Gasteiger partial charge is 0.143 e. The fraction of sp³-hybridized carbons (Fsp3) is 0.200. The molecule has 2 aromatic rings. The number of thiophene rings is 1. The maximum Gasteiger partial charge on any atom is 0.0481 e. The topological polar surface area (TPSA) is 0 Å². The van der Waals surface area contributed by atoms with Gasteiger partial charge in [0, 0.05) is 8.27 Å². The molecule has 0 aliphatic rings. The van der Waals surface area contributed by atoms with Crippen LogP contribution in [0.5, 0.6) is 0 Å². The zero-order valence-electron chi connectivity index (χ0n) is 7.02. The monoisotopic (exact) mass is 288 g/mol. The Morgan fingerprint density at radius 1 is 1.25 bits per heavy atom. The molecule has 1 heterocycles. The van der Waals surface area contributed by atoms with Gasteiger partial charge in [-0.2, -0.15) is 0 Å². The molecule has 1 aromatic heterocycles. The van der Waals surface area contributed by atoms with Gasteiger partial charge in [-0.25, -0.2) is 0 Å². The smallest absolute Gasteiger partial charge is 0.0481 e. The molecule has 0 fully saturated rings. The Hall–Kier alpha value is -0.0900. The van der Waals surface area contributed by atoms with Crippen molar-refractivity contribution in [1.82, 2.24) is 0 Å². The maximum atomic E-state index is 2.43. The Labute approximate surface area is 89.7 Å². The lowest BCUT2D eigenvalue weighted by atomic mass is 10.1. The fourth-order valence-electron chi connectivity index (χ4n) is 1.43. The minimum Gasteiger partial charge on any atom is -0.143 e. The first-order valence-corrected chi connectivity index (χ1v) is 5.79. The number of fused-ring (bicyclic) bond motifs is 1. The average Bonchev–Trinajstić information content (AvgIpc) is 2.48. The predicted octanol–water partition coefficient (Wildman–Crippen LogP) is 4.12. The molecule has 0 aliphatic carbocycles. The molecule has 0 bridgehead atoms. The minimum atomic E-state index is 1.39. The van der Waals surface area contributed by atoms with Crippen molar-refractivity contribution in [2.75, 3.05) is 0 Å². The number of hydrogen-bond acceptors (Lipinski definition) is 1. The highest BCUT2D eigenvalue weighted by molar-refractivity contribution is 14.1. The van der Waals surface area contributed by atoms with E-state index in [2.05, 4.69) is 54.0 Å². The van der Waals surface area contributed by atoms with E-state index in [-0.39, 0.29) is 0 Å². The first-order chi connectivity index (χ1) is 5.70. The Morgan fingerprint density at radius 2 is 2.00 bits per heavy atom. The van der Waals surface area contributed by atoms with Gasteiger partial charge < -0.3 is 0 Å². The molecule has 0 saturated carbocycles. The van der Waals surface area contributed by atoms with Gasteiger partial charge in [0.15, 0.2) is 0 Å². The first kappa shape index (κ1) is 8.51. The van der Waals surface area contributed by atoms with Crippen molar-refractivity contribution in [1.29, 1.82) is 0 Å². The van der Waals surface area contributed by atoms with E-state index in [9.17, 15) is 0 Å². The van der Waals surface area contributed by atoms with Crippen LogP contribution in [-0.2, 0) is 0 Å². The molecule has 0 amide bonds. The zero-order chi connectivity index (χ0) is 8.72. The van der Waals surface area contributed by atoms with Gasteiger partial charge >= 0.3 is 0 Å². The molecular weight excluding hydrogens is 279 g/mol. The quantitative estimate of drug-likeness (QED) is 0.640. The highest BCUT2D eigenvalue weighted by atomic mass is 127. The summed E-state index contributed by atoms with van der Waals surface area (Å²) in [4.78, 5) is 0. The molecule has 0 N–H and O–H groups in total. The van der Waals surface area contributed by atoms with Gasteiger partial charge in [0.1, 0.15) is 0 Å². The van der Waals surface area contributed by atoms with Crippen LogP contribution in [0.1, 0.15) is 11.1 Å². The van der Waals surface area contributed by atoms with E-state index < -0.39 is 0 Å². The summed E-state index contributed by atoms with van der Waals surface area (Å²) < 4.78 is 2.84. The van der Waals surface area contributed by atoms with Crippen LogP contribution in [0.15, 0.2) is 17.5 Å². The van der Waals surface area contributed by atoms with Gasteiger partial charge in [0.2, 0.25) is 0 Å². The zero-order valence-corrected chi connectivity index (χ0v) is 9.99. The van der Waals surface area contributed by atoms with Crippen molar-refractivity contribution in [3.05, 3.63) is 32.2 Å². The Balaban J connectivity index is 2.97. The summed E-state index contributed by atoms with van der Waals surface area (Å²) in [5.41, 5.74) is 2.78. The molecule has 1 aromatic carbocycles. The SMILES string of the molecule is Cc1cc(C)c2ccsc2c1I. The van der Waals surface area contributed by atoms with E-state index in [4.69, 9.17) is 0 Å². The van der Waals surface area contributed by atoms with E-state index in [0.717, 1.165) is 0 Å². The summed E-state index contributed by atoms with van der Waals surface area (Å²) in [7, 11) is 0. The first-order valence-electron chi connectivity index (χ1n) is 3.83.